The Labute approximate surface area is 147 Å². The van der Waals surface area contributed by atoms with Gasteiger partial charge >= 0.3 is 5.97 Å². The summed E-state index contributed by atoms with van der Waals surface area (Å²) in [6.07, 6.45) is 0.630. The van der Waals surface area contributed by atoms with Crippen LogP contribution in [0.3, 0.4) is 0 Å². The van der Waals surface area contributed by atoms with Gasteiger partial charge in [-0.25, -0.2) is 4.79 Å². The van der Waals surface area contributed by atoms with Crippen molar-refractivity contribution in [2.45, 2.75) is 6.42 Å². The highest BCUT2D eigenvalue weighted by atomic mass is 79.9. The molecule has 0 heterocycles. The quantitative estimate of drug-likeness (QED) is 0.646. The van der Waals surface area contributed by atoms with E-state index in [1.807, 2.05) is 6.07 Å². The predicted molar refractivity (Wildman–Crippen MR) is 91.1 cm³/mol. The number of carbonyl (C=O) groups excluding carboxylic acids is 1. The monoisotopic (exact) mass is 402 g/mol. The van der Waals surface area contributed by atoms with Crippen molar-refractivity contribution in [2.24, 2.45) is 0 Å². The Morgan fingerprint density at radius 2 is 1.95 bits per heavy atom. The minimum absolute atomic E-state index is 0.405. The van der Waals surface area contributed by atoms with E-state index in [0.29, 0.717) is 34.4 Å². The summed E-state index contributed by atoms with van der Waals surface area (Å²) in [4.78, 5) is 11.5. The molecule has 0 radical (unpaired) electrons. The Morgan fingerprint density at radius 1 is 1.18 bits per heavy atom. The zero-order chi connectivity index (χ0) is 16.1. The minimum atomic E-state index is -0.405. The number of ether oxygens (including phenoxy) is 2. The van der Waals surface area contributed by atoms with Crippen molar-refractivity contribution in [3.8, 4) is 5.75 Å². The summed E-state index contributed by atoms with van der Waals surface area (Å²) in [7, 11) is 1.34. The van der Waals surface area contributed by atoms with Crippen LogP contribution in [0.5, 0.6) is 5.75 Å². The number of rotatable bonds is 5. The Kier molecular flexibility index (Phi) is 6.12. The van der Waals surface area contributed by atoms with Crippen molar-refractivity contribution in [3.63, 3.8) is 0 Å². The first-order valence-corrected chi connectivity index (χ1v) is 8.00. The third-order valence-corrected chi connectivity index (χ3v) is 4.24. The van der Waals surface area contributed by atoms with E-state index in [4.69, 9.17) is 32.7 Å². The lowest BCUT2D eigenvalue weighted by Gasteiger charge is -2.10. The van der Waals surface area contributed by atoms with E-state index < -0.39 is 5.97 Å². The van der Waals surface area contributed by atoms with Crippen LogP contribution in [0.4, 0.5) is 0 Å². The highest BCUT2D eigenvalue weighted by molar-refractivity contribution is 9.10. The number of methoxy groups -OCH3 is 1. The van der Waals surface area contributed by atoms with E-state index in [2.05, 4.69) is 15.9 Å². The van der Waals surface area contributed by atoms with Crippen molar-refractivity contribution in [2.75, 3.05) is 13.7 Å². The van der Waals surface area contributed by atoms with Gasteiger partial charge in [0.05, 0.1) is 23.8 Å². The van der Waals surface area contributed by atoms with Crippen molar-refractivity contribution in [1.29, 1.82) is 0 Å². The fourth-order valence-corrected chi connectivity index (χ4v) is 2.72. The second-order valence-corrected chi connectivity index (χ2v) is 6.17. The molecule has 116 valence electrons. The van der Waals surface area contributed by atoms with Gasteiger partial charge < -0.3 is 9.47 Å². The first-order valence-electron chi connectivity index (χ1n) is 6.46. The van der Waals surface area contributed by atoms with Gasteiger partial charge in [0, 0.05) is 16.5 Å². The van der Waals surface area contributed by atoms with Crippen LogP contribution in [0.25, 0.3) is 0 Å². The molecule has 0 aliphatic rings. The fraction of sp³-hybridized carbons (Fsp3) is 0.188. The van der Waals surface area contributed by atoms with E-state index in [-0.39, 0.29) is 0 Å². The molecule has 0 saturated carbocycles. The molecule has 0 atom stereocenters. The largest absolute Gasteiger partial charge is 0.492 e. The van der Waals surface area contributed by atoms with Crippen molar-refractivity contribution < 1.29 is 14.3 Å². The van der Waals surface area contributed by atoms with Crippen LogP contribution < -0.4 is 4.74 Å². The van der Waals surface area contributed by atoms with Gasteiger partial charge in [0.25, 0.3) is 0 Å². The first-order chi connectivity index (χ1) is 10.5. The summed E-state index contributed by atoms with van der Waals surface area (Å²) in [6, 6.07) is 10.4. The molecule has 0 N–H and O–H groups in total. The van der Waals surface area contributed by atoms with E-state index in [1.54, 1.807) is 30.3 Å². The maximum absolute atomic E-state index is 11.5. The molecule has 0 aliphatic carbocycles. The molecule has 0 amide bonds. The lowest BCUT2D eigenvalue weighted by molar-refractivity contribution is 0.0600. The Hall–Kier alpha value is -1.23. The summed E-state index contributed by atoms with van der Waals surface area (Å²) in [6.45, 7) is 0.421. The fourth-order valence-electron chi connectivity index (χ4n) is 1.85. The summed E-state index contributed by atoms with van der Waals surface area (Å²) in [5.41, 5.74) is 1.39. The van der Waals surface area contributed by atoms with Crippen LogP contribution in [0.15, 0.2) is 40.9 Å². The van der Waals surface area contributed by atoms with E-state index in [0.717, 1.165) is 10.0 Å². The number of halogens is 3. The second-order valence-electron chi connectivity index (χ2n) is 4.47. The zero-order valence-electron chi connectivity index (χ0n) is 11.7. The number of carbonyl (C=O) groups is 1. The SMILES string of the molecule is COC(=O)c1ccc(Br)c(OCCc2ccc(Cl)cc2Cl)c1. The molecule has 0 saturated heterocycles. The van der Waals surface area contributed by atoms with Crippen LogP contribution in [0, 0.1) is 0 Å². The molecule has 0 spiro atoms. The molecule has 2 rings (SSSR count). The molecule has 0 fully saturated rings. The molecule has 0 unspecified atom stereocenters. The van der Waals surface area contributed by atoms with Gasteiger partial charge in [-0.05, 0) is 51.8 Å². The molecule has 0 aromatic heterocycles. The van der Waals surface area contributed by atoms with Crippen LogP contribution in [-0.2, 0) is 11.2 Å². The zero-order valence-corrected chi connectivity index (χ0v) is 14.8. The molecular weight excluding hydrogens is 391 g/mol. The van der Waals surface area contributed by atoms with Gasteiger partial charge in [-0.2, -0.15) is 0 Å². The van der Waals surface area contributed by atoms with Crippen molar-refractivity contribution in [3.05, 3.63) is 62.0 Å². The molecule has 0 aliphatic heterocycles. The Bertz CT molecular complexity index is 689. The summed E-state index contributed by atoms with van der Waals surface area (Å²) >= 11 is 15.4. The topological polar surface area (TPSA) is 35.5 Å². The third kappa shape index (κ3) is 4.38. The third-order valence-electron chi connectivity index (χ3n) is 3.00. The lowest BCUT2D eigenvalue weighted by atomic mass is 10.1. The van der Waals surface area contributed by atoms with Crippen molar-refractivity contribution in [1.82, 2.24) is 0 Å². The molecule has 2 aromatic rings. The minimum Gasteiger partial charge on any atom is -0.492 e. The molecule has 2 aromatic carbocycles. The molecule has 3 nitrogen and oxygen atoms in total. The van der Waals surface area contributed by atoms with E-state index in [1.165, 1.54) is 7.11 Å². The summed E-state index contributed by atoms with van der Waals surface area (Å²) in [5, 5.41) is 1.21. The van der Waals surface area contributed by atoms with Gasteiger partial charge in [0.2, 0.25) is 0 Å². The first kappa shape index (κ1) is 17.1. The normalized spacial score (nSPS) is 10.4. The predicted octanol–water partition coefficient (Wildman–Crippen LogP) is 5.16. The number of hydrogen-bond acceptors (Lipinski definition) is 3. The van der Waals surface area contributed by atoms with E-state index >= 15 is 0 Å². The average molecular weight is 404 g/mol. The van der Waals surface area contributed by atoms with Crippen LogP contribution in [0.2, 0.25) is 10.0 Å². The van der Waals surface area contributed by atoms with Gasteiger partial charge in [0.1, 0.15) is 5.75 Å². The lowest BCUT2D eigenvalue weighted by Crippen LogP contribution is -2.05. The number of esters is 1. The molecule has 0 bridgehead atoms. The molecule has 6 heteroatoms. The second kappa shape index (κ2) is 7.86. The smallest absolute Gasteiger partial charge is 0.337 e. The number of hydrogen-bond donors (Lipinski definition) is 0. The Morgan fingerprint density at radius 3 is 2.64 bits per heavy atom. The maximum Gasteiger partial charge on any atom is 0.337 e. The van der Waals surface area contributed by atoms with Gasteiger partial charge in [-0.1, -0.05) is 29.3 Å². The van der Waals surface area contributed by atoms with Gasteiger partial charge in [-0.15, -0.1) is 0 Å². The van der Waals surface area contributed by atoms with Crippen molar-refractivity contribution >= 4 is 45.1 Å². The summed E-state index contributed by atoms with van der Waals surface area (Å²) in [5.74, 6) is 0.172. The number of benzene rings is 2. The van der Waals surface area contributed by atoms with E-state index in [9.17, 15) is 4.79 Å². The summed E-state index contributed by atoms with van der Waals surface area (Å²) < 4.78 is 11.2. The highest BCUT2D eigenvalue weighted by Gasteiger charge is 2.10. The highest BCUT2D eigenvalue weighted by Crippen LogP contribution is 2.27. The van der Waals surface area contributed by atoms with Crippen LogP contribution >= 0.6 is 39.1 Å². The molecular formula is C16H13BrCl2O3. The average Bonchev–Trinajstić information content (AvgIpc) is 2.50. The molecule has 22 heavy (non-hydrogen) atoms. The van der Waals surface area contributed by atoms with Crippen LogP contribution in [-0.4, -0.2) is 19.7 Å². The Balaban J connectivity index is 2.03. The van der Waals surface area contributed by atoms with Gasteiger partial charge in [0.15, 0.2) is 0 Å². The van der Waals surface area contributed by atoms with Crippen LogP contribution in [0.1, 0.15) is 15.9 Å². The standard InChI is InChI=1S/C16H13BrCl2O3/c1-21-16(20)11-3-5-13(17)15(8-11)22-7-6-10-2-4-12(18)9-14(10)19/h2-5,8-9H,6-7H2,1H3. The van der Waals surface area contributed by atoms with Gasteiger partial charge in [-0.3, -0.25) is 0 Å². The maximum atomic E-state index is 11.5.